The van der Waals surface area contributed by atoms with Crippen LogP contribution in [0.1, 0.15) is 56.7 Å². The van der Waals surface area contributed by atoms with Crippen LogP contribution in [0.4, 0.5) is 4.79 Å². The van der Waals surface area contributed by atoms with Gasteiger partial charge in [-0.05, 0) is 64.3 Å². The lowest BCUT2D eigenvalue weighted by Gasteiger charge is -2.36. The summed E-state index contributed by atoms with van der Waals surface area (Å²) in [4.78, 5) is 36.6. The first-order valence-corrected chi connectivity index (χ1v) is 12.8. The number of rotatable bonds is 2. The van der Waals surface area contributed by atoms with Gasteiger partial charge in [0, 0.05) is 66.4 Å². The van der Waals surface area contributed by atoms with Crippen LogP contribution in [-0.4, -0.2) is 41.7 Å². The van der Waals surface area contributed by atoms with E-state index in [1.165, 1.54) is 11.3 Å². The molecule has 2 bridgehead atoms. The predicted octanol–water partition coefficient (Wildman–Crippen LogP) is 5.09. The molecular weight excluding hydrogens is 466 g/mol. The van der Waals surface area contributed by atoms with Crippen LogP contribution < -0.4 is 5.56 Å². The van der Waals surface area contributed by atoms with Crippen molar-refractivity contribution in [3.8, 4) is 16.8 Å². The largest absolute Gasteiger partial charge is 0.444 e. The van der Waals surface area contributed by atoms with Crippen LogP contribution in [0, 0.1) is 6.92 Å². The summed E-state index contributed by atoms with van der Waals surface area (Å²) in [5.41, 5.74) is 5.29. The standard InChI is InChI=1S/C29H31N5O3/c1-17-30-15-19(16-31-17)18-10-11-33(26(35)12-18)20-6-8-22-24(13-20)32(5)25-14-21-7-9-23(27(22)25)34(21)28(36)37-29(2,3)4/h6,8,10-13,15-16,21,23H,7,9,14H2,1-5H3. The number of amides is 1. The van der Waals surface area contributed by atoms with Gasteiger partial charge in [0.15, 0.2) is 0 Å². The smallest absolute Gasteiger partial charge is 0.411 e. The number of pyridine rings is 1. The van der Waals surface area contributed by atoms with Crippen LogP contribution in [-0.2, 0) is 18.2 Å². The van der Waals surface area contributed by atoms with Gasteiger partial charge >= 0.3 is 6.09 Å². The minimum absolute atomic E-state index is 0.0110. The minimum atomic E-state index is -0.528. The molecule has 0 N–H and O–H groups in total. The molecule has 2 atom stereocenters. The zero-order valence-corrected chi connectivity index (χ0v) is 21.9. The average Bonchev–Trinajstić information content (AvgIpc) is 3.31. The summed E-state index contributed by atoms with van der Waals surface area (Å²) in [5.74, 6) is 0.693. The van der Waals surface area contributed by atoms with E-state index in [9.17, 15) is 9.59 Å². The van der Waals surface area contributed by atoms with Gasteiger partial charge < -0.3 is 9.30 Å². The monoisotopic (exact) mass is 497 g/mol. The van der Waals surface area contributed by atoms with Crippen LogP contribution in [0.5, 0.6) is 0 Å². The number of aryl methyl sites for hydroxylation is 2. The fourth-order valence-electron chi connectivity index (χ4n) is 5.87. The molecule has 6 rings (SSSR count). The molecule has 2 unspecified atom stereocenters. The van der Waals surface area contributed by atoms with E-state index in [1.807, 2.05) is 44.7 Å². The first-order valence-electron chi connectivity index (χ1n) is 12.8. The molecule has 0 radical (unpaired) electrons. The van der Waals surface area contributed by atoms with Crippen molar-refractivity contribution < 1.29 is 9.53 Å². The van der Waals surface area contributed by atoms with E-state index in [4.69, 9.17) is 4.74 Å². The molecule has 0 spiro atoms. The van der Waals surface area contributed by atoms with Crippen LogP contribution in [0.2, 0.25) is 0 Å². The minimum Gasteiger partial charge on any atom is -0.444 e. The molecule has 8 nitrogen and oxygen atoms in total. The van der Waals surface area contributed by atoms with Crippen LogP contribution in [0.15, 0.2) is 53.7 Å². The first kappa shape index (κ1) is 23.5. The number of fused-ring (bicyclic) bond motifs is 6. The van der Waals surface area contributed by atoms with E-state index >= 15 is 0 Å². The SMILES string of the molecule is Cc1ncc(-c2ccn(-c3ccc4c5c(n(C)c4c3)CC3CCC5N3C(=O)OC(C)(C)C)c(=O)c2)cn1. The Hall–Kier alpha value is -3.94. The van der Waals surface area contributed by atoms with E-state index in [1.54, 1.807) is 29.2 Å². The molecule has 1 aromatic carbocycles. The Labute approximate surface area is 215 Å². The Kier molecular flexibility index (Phi) is 5.26. The summed E-state index contributed by atoms with van der Waals surface area (Å²) >= 11 is 0. The lowest BCUT2D eigenvalue weighted by Crippen LogP contribution is -2.44. The first-order chi connectivity index (χ1) is 17.6. The van der Waals surface area contributed by atoms with Crippen molar-refractivity contribution in [3.05, 3.63) is 76.4 Å². The molecular formula is C29H31N5O3. The van der Waals surface area contributed by atoms with Crippen molar-refractivity contribution >= 4 is 17.0 Å². The predicted molar refractivity (Wildman–Crippen MR) is 142 cm³/mol. The molecule has 0 saturated carbocycles. The molecule has 1 fully saturated rings. The Balaban J connectivity index is 1.38. The van der Waals surface area contributed by atoms with Gasteiger partial charge in [-0.3, -0.25) is 14.3 Å². The number of carbonyl (C=O) groups excluding carboxylic acids is 1. The maximum Gasteiger partial charge on any atom is 0.411 e. The molecule has 1 saturated heterocycles. The van der Waals surface area contributed by atoms with Crippen molar-refractivity contribution in [1.82, 2.24) is 24.0 Å². The van der Waals surface area contributed by atoms with Crippen molar-refractivity contribution in [2.75, 3.05) is 0 Å². The molecule has 2 aliphatic rings. The van der Waals surface area contributed by atoms with Gasteiger partial charge in [0.1, 0.15) is 11.4 Å². The van der Waals surface area contributed by atoms with Gasteiger partial charge in [0.05, 0.1) is 17.2 Å². The highest BCUT2D eigenvalue weighted by atomic mass is 16.6. The summed E-state index contributed by atoms with van der Waals surface area (Å²) in [5, 5.41) is 1.13. The quantitative estimate of drug-likeness (QED) is 0.385. The third-order valence-electron chi connectivity index (χ3n) is 7.53. The van der Waals surface area contributed by atoms with E-state index in [2.05, 4.69) is 33.7 Å². The second-order valence-corrected chi connectivity index (χ2v) is 11.1. The Morgan fingerprint density at radius 2 is 1.81 bits per heavy atom. The number of hydrogen-bond acceptors (Lipinski definition) is 5. The fourth-order valence-corrected chi connectivity index (χ4v) is 5.87. The van der Waals surface area contributed by atoms with E-state index in [-0.39, 0.29) is 23.7 Å². The van der Waals surface area contributed by atoms with Crippen molar-refractivity contribution in [1.29, 1.82) is 0 Å². The fraction of sp³-hybridized carbons (Fsp3) is 0.379. The topological polar surface area (TPSA) is 82.3 Å². The maximum absolute atomic E-state index is 13.1. The van der Waals surface area contributed by atoms with E-state index < -0.39 is 5.60 Å². The second-order valence-electron chi connectivity index (χ2n) is 11.1. The lowest BCUT2D eigenvalue weighted by atomic mass is 9.97. The van der Waals surface area contributed by atoms with E-state index in [0.29, 0.717) is 5.82 Å². The zero-order valence-electron chi connectivity index (χ0n) is 21.9. The molecule has 5 heterocycles. The summed E-state index contributed by atoms with van der Waals surface area (Å²) in [6.07, 6.45) is 7.75. The molecule has 190 valence electrons. The van der Waals surface area contributed by atoms with Crippen molar-refractivity contribution in [3.63, 3.8) is 0 Å². The summed E-state index contributed by atoms with van der Waals surface area (Å²) < 4.78 is 9.65. The van der Waals surface area contributed by atoms with Gasteiger partial charge in [0.25, 0.3) is 5.56 Å². The number of benzene rings is 1. The zero-order chi connectivity index (χ0) is 26.1. The number of ether oxygens (including phenoxy) is 1. The molecule has 8 heteroatoms. The number of nitrogens with zero attached hydrogens (tertiary/aromatic N) is 5. The molecule has 4 aromatic rings. The van der Waals surface area contributed by atoms with Gasteiger partial charge in [-0.25, -0.2) is 14.8 Å². The Morgan fingerprint density at radius 1 is 1.05 bits per heavy atom. The molecule has 2 aliphatic heterocycles. The summed E-state index contributed by atoms with van der Waals surface area (Å²) in [7, 11) is 2.08. The normalized spacial score (nSPS) is 18.8. The van der Waals surface area contributed by atoms with Crippen LogP contribution in [0.25, 0.3) is 27.7 Å². The highest BCUT2D eigenvalue weighted by Crippen LogP contribution is 2.48. The van der Waals surface area contributed by atoms with Crippen molar-refractivity contribution in [2.45, 2.75) is 64.6 Å². The molecule has 37 heavy (non-hydrogen) atoms. The number of hydrogen-bond donors (Lipinski definition) is 0. The summed E-state index contributed by atoms with van der Waals surface area (Å²) in [6, 6.07) is 9.82. The van der Waals surface area contributed by atoms with Gasteiger partial charge in [0.2, 0.25) is 0 Å². The highest BCUT2D eigenvalue weighted by Gasteiger charge is 2.46. The molecule has 0 aliphatic carbocycles. The van der Waals surface area contributed by atoms with Gasteiger partial charge in [-0.1, -0.05) is 6.07 Å². The number of carbonyl (C=O) groups is 1. The second kappa shape index (κ2) is 8.30. The average molecular weight is 498 g/mol. The Bertz CT molecular complexity index is 1590. The summed E-state index contributed by atoms with van der Waals surface area (Å²) in [6.45, 7) is 7.56. The highest BCUT2D eigenvalue weighted by molar-refractivity contribution is 5.89. The lowest BCUT2D eigenvalue weighted by molar-refractivity contribution is 0.0124. The molecule has 1 amide bonds. The van der Waals surface area contributed by atoms with Crippen LogP contribution >= 0.6 is 0 Å². The van der Waals surface area contributed by atoms with Crippen molar-refractivity contribution in [2.24, 2.45) is 7.05 Å². The maximum atomic E-state index is 13.1. The number of aromatic nitrogens is 4. The van der Waals surface area contributed by atoms with Gasteiger partial charge in [-0.2, -0.15) is 0 Å². The van der Waals surface area contributed by atoms with Gasteiger partial charge in [-0.15, -0.1) is 0 Å². The third kappa shape index (κ3) is 3.91. The van der Waals surface area contributed by atoms with Crippen LogP contribution in [0.3, 0.4) is 0 Å². The van der Waals surface area contributed by atoms with E-state index in [0.717, 1.165) is 47.0 Å². The third-order valence-corrected chi connectivity index (χ3v) is 7.53. The molecule has 3 aromatic heterocycles. The Morgan fingerprint density at radius 3 is 2.51 bits per heavy atom.